The number of halogens is 7. The first-order valence-corrected chi connectivity index (χ1v) is 12.3. The second-order valence-corrected chi connectivity index (χ2v) is 10.1. The average Bonchev–Trinajstić information content (AvgIpc) is 3.30. The molecule has 0 radical (unpaired) electrons. The number of nitrogens with one attached hydrogen (secondary N) is 1. The van der Waals surface area contributed by atoms with E-state index in [0.717, 1.165) is 22.9 Å². The quantitative estimate of drug-likeness (QED) is 0.268. The monoisotopic (exact) mass is 573 g/mol. The summed E-state index contributed by atoms with van der Waals surface area (Å²) in [5.74, 6) is -0.696. The zero-order valence-electron chi connectivity index (χ0n) is 18.7. The Morgan fingerprint density at radius 3 is 2.03 bits per heavy atom. The summed E-state index contributed by atoms with van der Waals surface area (Å²) < 4.78 is 102. The van der Waals surface area contributed by atoms with Gasteiger partial charge in [0.2, 0.25) is 0 Å². The molecular formula is C24H14ClF6N3O3S. The van der Waals surface area contributed by atoms with E-state index in [2.05, 4.69) is 10.4 Å². The number of carbonyl (C=O) groups excluding carboxylic acids is 1. The normalized spacial score (nSPS) is 12.4. The van der Waals surface area contributed by atoms with Crippen LogP contribution in [0.4, 0.5) is 32.0 Å². The molecule has 14 heteroatoms. The Balaban J connectivity index is 1.59. The van der Waals surface area contributed by atoms with Crippen LogP contribution in [0.5, 0.6) is 0 Å². The minimum atomic E-state index is -5.54. The zero-order valence-corrected chi connectivity index (χ0v) is 20.3. The molecule has 1 aromatic heterocycles. The van der Waals surface area contributed by atoms with E-state index in [0.29, 0.717) is 12.1 Å². The molecule has 0 saturated carbocycles. The third kappa shape index (κ3) is 5.38. The Labute approximate surface area is 216 Å². The van der Waals surface area contributed by atoms with Crippen LogP contribution in [0, 0.1) is 0 Å². The van der Waals surface area contributed by atoms with Gasteiger partial charge in [-0.2, -0.15) is 31.4 Å². The predicted octanol–water partition coefficient (Wildman–Crippen LogP) is 6.76. The first kappa shape index (κ1) is 27.2. The molecule has 4 rings (SSSR count). The molecule has 1 heterocycles. The molecule has 1 amide bonds. The molecule has 0 aliphatic rings. The van der Waals surface area contributed by atoms with Crippen molar-refractivity contribution < 1.29 is 39.6 Å². The second-order valence-electron chi connectivity index (χ2n) is 7.78. The summed E-state index contributed by atoms with van der Waals surface area (Å²) in [5, 5.41) is 6.22. The molecule has 198 valence electrons. The Bertz CT molecular complexity index is 1600. The van der Waals surface area contributed by atoms with Crippen molar-refractivity contribution in [3.05, 3.63) is 95.1 Å². The molecule has 38 heavy (non-hydrogen) atoms. The van der Waals surface area contributed by atoms with Crippen LogP contribution in [0.1, 0.15) is 16.1 Å². The summed E-state index contributed by atoms with van der Waals surface area (Å²) in [6, 6.07) is 15.8. The van der Waals surface area contributed by atoms with Crippen LogP contribution >= 0.6 is 11.6 Å². The fourth-order valence-corrected chi connectivity index (χ4v) is 4.36. The number of alkyl halides is 6. The molecule has 0 fully saturated rings. The second kappa shape index (κ2) is 9.80. The maximum atomic E-state index is 13.4. The lowest BCUT2D eigenvalue weighted by Gasteiger charge is -2.11. The fourth-order valence-electron chi connectivity index (χ4n) is 3.38. The molecular weight excluding hydrogens is 560 g/mol. The van der Waals surface area contributed by atoms with Gasteiger partial charge in [0, 0.05) is 16.8 Å². The number of hydrogen-bond acceptors (Lipinski definition) is 4. The van der Waals surface area contributed by atoms with Gasteiger partial charge in [0.15, 0.2) is 5.69 Å². The van der Waals surface area contributed by atoms with Crippen LogP contribution in [0.2, 0.25) is 5.02 Å². The molecule has 0 unspecified atom stereocenters. The number of carbonyl (C=O) groups is 1. The van der Waals surface area contributed by atoms with Crippen LogP contribution in [0.25, 0.3) is 16.9 Å². The van der Waals surface area contributed by atoms with Gasteiger partial charge in [0.05, 0.1) is 21.3 Å². The van der Waals surface area contributed by atoms with E-state index in [1.807, 2.05) is 0 Å². The first-order valence-electron chi connectivity index (χ1n) is 10.4. The summed E-state index contributed by atoms with van der Waals surface area (Å²) >= 11 is 6.16. The Morgan fingerprint density at radius 1 is 0.868 bits per heavy atom. The van der Waals surface area contributed by atoms with E-state index >= 15 is 0 Å². The van der Waals surface area contributed by atoms with Gasteiger partial charge in [-0.15, -0.1) is 0 Å². The van der Waals surface area contributed by atoms with Gasteiger partial charge in [-0.25, -0.2) is 13.1 Å². The van der Waals surface area contributed by atoms with Gasteiger partial charge in [0.25, 0.3) is 15.7 Å². The summed E-state index contributed by atoms with van der Waals surface area (Å²) in [4.78, 5) is 11.6. The van der Waals surface area contributed by atoms with E-state index in [9.17, 15) is 39.6 Å². The number of sulfone groups is 1. The standard InChI is InChI=1S/C24H14ClF6N3O3S/c25-18-3-1-2-4-19(18)34-20(13-21(33-34)23(26,27)28)14-5-7-15(8-6-14)22(35)32-16-9-11-17(12-10-16)38(36,37)24(29,30)31/h1-13H,(H,32,35). The van der Waals surface area contributed by atoms with Crippen LogP contribution in [-0.4, -0.2) is 29.6 Å². The van der Waals surface area contributed by atoms with E-state index in [-0.39, 0.29) is 33.2 Å². The van der Waals surface area contributed by atoms with Crippen molar-refractivity contribution >= 4 is 33.0 Å². The number of para-hydroxylation sites is 1. The topological polar surface area (TPSA) is 81.1 Å². The molecule has 1 N–H and O–H groups in total. The number of nitrogens with zero attached hydrogens (tertiary/aromatic N) is 2. The van der Waals surface area contributed by atoms with Gasteiger partial charge >= 0.3 is 11.7 Å². The molecule has 3 aromatic carbocycles. The van der Waals surface area contributed by atoms with Crippen molar-refractivity contribution in [3.8, 4) is 16.9 Å². The molecule has 0 aliphatic heterocycles. The zero-order chi connectivity index (χ0) is 27.9. The van der Waals surface area contributed by atoms with Gasteiger partial charge in [0.1, 0.15) is 0 Å². The lowest BCUT2D eigenvalue weighted by molar-refractivity contribution is -0.141. The lowest BCUT2D eigenvalue weighted by atomic mass is 10.1. The van der Waals surface area contributed by atoms with Crippen molar-refractivity contribution in [1.82, 2.24) is 9.78 Å². The summed E-state index contributed by atoms with van der Waals surface area (Å²) in [6.45, 7) is 0. The SMILES string of the molecule is O=C(Nc1ccc(S(=O)(=O)C(F)(F)F)cc1)c1ccc(-c2cc(C(F)(F)F)nn2-c2ccccc2Cl)cc1. The van der Waals surface area contributed by atoms with Crippen LogP contribution in [0.15, 0.2) is 83.8 Å². The Morgan fingerprint density at radius 2 is 1.47 bits per heavy atom. The van der Waals surface area contributed by atoms with Crippen LogP contribution in [-0.2, 0) is 16.0 Å². The highest BCUT2D eigenvalue weighted by Gasteiger charge is 2.46. The summed E-state index contributed by atoms with van der Waals surface area (Å²) in [5.41, 5.74) is -5.98. The van der Waals surface area contributed by atoms with Gasteiger partial charge in [-0.1, -0.05) is 35.9 Å². The molecule has 0 saturated heterocycles. The minimum Gasteiger partial charge on any atom is -0.322 e. The summed E-state index contributed by atoms with van der Waals surface area (Å²) in [7, 11) is -5.54. The number of anilines is 1. The van der Waals surface area contributed by atoms with Crippen molar-refractivity contribution in [3.63, 3.8) is 0 Å². The van der Waals surface area contributed by atoms with Gasteiger partial charge in [-0.05, 0) is 54.6 Å². The summed E-state index contributed by atoms with van der Waals surface area (Å²) in [6.07, 6.45) is -4.73. The highest BCUT2D eigenvalue weighted by atomic mass is 35.5. The third-order valence-electron chi connectivity index (χ3n) is 5.25. The van der Waals surface area contributed by atoms with Crippen molar-refractivity contribution in [2.75, 3.05) is 5.32 Å². The number of aromatic nitrogens is 2. The number of amides is 1. The first-order chi connectivity index (χ1) is 17.7. The predicted molar refractivity (Wildman–Crippen MR) is 127 cm³/mol. The molecule has 0 spiro atoms. The van der Waals surface area contributed by atoms with Gasteiger partial charge in [-0.3, -0.25) is 4.79 Å². The molecule has 6 nitrogen and oxygen atoms in total. The fraction of sp³-hybridized carbons (Fsp3) is 0.0833. The van der Waals surface area contributed by atoms with E-state index in [4.69, 9.17) is 11.6 Å². The van der Waals surface area contributed by atoms with Crippen molar-refractivity contribution in [2.45, 2.75) is 16.6 Å². The van der Waals surface area contributed by atoms with Crippen LogP contribution in [0.3, 0.4) is 0 Å². The highest BCUT2D eigenvalue weighted by Crippen LogP contribution is 2.35. The number of rotatable bonds is 5. The number of benzene rings is 3. The van der Waals surface area contributed by atoms with Gasteiger partial charge < -0.3 is 5.32 Å². The minimum absolute atomic E-state index is 0.0202. The lowest BCUT2D eigenvalue weighted by Crippen LogP contribution is -2.23. The number of hydrogen-bond donors (Lipinski definition) is 1. The average molecular weight is 574 g/mol. The maximum Gasteiger partial charge on any atom is 0.501 e. The van der Waals surface area contributed by atoms with Crippen LogP contribution < -0.4 is 5.32 Å². The Hall–Kier alpha value is -3.84. The maximum absolute atomic E-state index is 13.4. The molecule has 0 bridgehead atoms. The Kier molecular flexibility index (Phi) is 7.01. The highest BCUT2D eigenvalue weighted by molar-refractivity contribution is 7.92. The van der Waals surface area contributed by atoms with Crippen molar-refractivity contribution in [2.24, 2.45) is 0 Å². The van der Waals surface area contributed by atoms with E-state index in [1.165, 1.54) is 36.4 Å². The third-order valence-corrected chi connectivity index (χ3v) is 7.07. The molecule has 0 aliphatic carbocycles. The smallest absolute Gasteiger partial charge is 0.322 e. The largest absolute Gasteiger partial charge is 0.501 e. The van der Waals surface area contributed by atoms with Crippen molar-refractivity contribution in [1.29, 1.82) is 0 Å². The molecule has 4 aromatic rings. The van der Waals surface area contributed by atoms with E-state index in [1.54, 1.807) is 12.1 Å². The molecule has 0 atom stereocenters. The van der Waals surface area contributed by atoms with E-state index < -0.39 is 38.0 Å².